The molecule has 0 fully saturated rings. The number of ether oxygens (including phenoxy) is 4. The highest BCUT2D eigenvalue weighted by Crippen LogP contribution is 2.42. The van der Waals surface area contributed by atoms with Gasteiger partial charge in [0.1, 0.15) is 17.3 Å². The second kappa shape index (κ2) is 12.9. The van der Waals surface area contributed by atoms with E-state index >= 15 is 8.78 Å². The molecule has 0 spiro atoms. The molecule has 0 aliphatic rings. The number of aromatic hydroxyl groups is 1. The normalized spacial score (nSPS) is 10.6. The quantitative estimate of drug-likeness (QED) is 0.0725. The zero-order chi connectivity index (χ0) is 32.1. The highest BCUT2D eigenvalue weighted by atomic mass is 19.1. The number of nitrogens with two attached hydrogens (primary N) is 2. The second-order valence-electron chi connectivity index (χ2n) is 9.31. The van der Waals surface area contributed by atoms with Crippen LogP contribution in [0.1, 0.15) is 34.0 Å². The van der Waals surface area contributed by atoms with Crippen molar-refractivity contribution in [3.63, 3.8) is 0 Å². The minimum atomic E-state index is -1.39. The standard InChI is InChI=1S/C30H28F2N6O6/c1-4-41-29(40)17-10-14(2)24(15(3)11-17)44-25-22(31)27(42-19-7-5-6-18(13-19)37-30(35)36)38-28(23(25)32)43-21-12-16(26(33)34)8-9-20(21)39/h5-13,39H,4H2,1-3H3,(H3,33,34)(H4,35,36,37). The number of benzene rings is 3. The molecular formula is C30H28F2N6O6. The largest absolute Gasteiger partial charge is 0.504 e. The molecule has 8 N–H and O–H groups in total. The van der Waals surface area contributed by atoms with Crippen LogP contribution in [-0.4, -0.2) is 34.5 Å². The monoisotopic (exact) mass is 606 g/mol. The number of halogens is 2. The van der Waals surface area contributed by atoms with Gasteiger partial charge in [0.25, 0.3) is 11.8 Å². The molecule has 12 nitrogen and oxygen atoms in total. The number of guanidine groups is 1. The number of amidine groups is 1. The summed E-state index contributed by atoms with van der Waals surface area (Å²) in [5.41, 5.74) is 12.3. The molecule has 0 saturated carbocycles. The number of rotatable bonds is 10. The molecule has 4 rings (SSSR count). The lowest BCUT2D eigenvalue weighted by atomic mass is 10.1. The Labute approximate surface area is 250 Å². The van der Waals surface area contributed by atoms with Gasteiger partial charge in [0.05, 0.1) is 12.2 Å². The van der Waals surface area contributed by atoms with E-state index in [1.54, 1.807) is 26.8 Å². The van der Waals surface area contributed by atoms with Crippen molar-refractivity contribution >= 4 is 23.5 Å². The first-order valence-corrected chi connectivity index (χ1v) is 13.0. The first-order valence-electron chi connectivity index (χ1n) is 13.0. The number of hydrogen-bond donors (Lipinski definition) is 6. The van der Waals surface area contributed by atoms with Crippen LogP contribution in [0.5, 0.6) is 40.5 Å². The van der Waals surface area contributed by atoms with E-state index in [0.29, 0.717) is 16.8 Å². The molecule has 0 bridgehead atoms. The van der Waals surface area contributed by atoms with E-state index in [9.17, 15) is 9.90 Å². The van der Waals surface area contributed by atoms with E-state index < -0.39 is 40.9 Å². The average Bonchev–Trinajstić information content (AvgIpc) is 2.95. The van der Waals surface area contributed by atoms with Gasteiger partial charge >= 0.3 is 5.97 Å². The van der Waals surface area contributed by atoms with E-state index in [0.717, 1.165) is 0 Å². The summed E-state index contributed by atoms with van der Waals surface area (Å²) in [4.78, 5) is 16.1. The summed E-state index contributed by atoms with van der Waals surface area (Å²) >= 11 is 0. The number of anilines is 1. The fourth-order valence-corrected chi connectivity index (χ4v) is 4.02. The lowest BCUT2D eigenvalue weighted by Crippen LogP contribution is -2.20. The smallest absolute Gasteiger partial charge is 0.338 e. The third kappa shape index (κ3) is 6.92. The molecular weight excluding hydrogens is 578 g/mol. The molecule has 0 atom stereocenters. The van der Waals surface area contributed by atoms with Crippen molar-refractivity contribution in [1.29, 1.82) is 10.8 Å². The van der Waals surface area contributed by atoms with Gasteiger partial charge in [0, 0.05) is 17.3 Å². The minimum absolute atomic E-state index is 0.0266. The van der Waals surface area contributed by atoms with Crippen LogP contribution in [0.3, 0.4) is 0 Å². The van der Waals surface area contributed by atoms with E-state index in [1.807, 2.05) is 0 Å². The predicted molar refractivity (Wildman–Crippen MR) is 157 cm³/mol. The summed E-state index contributed by atoms with van der Waals surface area (Å²) in [6.45, 7) is 4.98. The Morgan fingerprint density at radius 2 is 1.57 bits per heavy atom. The molecule has 0 radical (unpaired) electrons. The Morgan fingerprint density at radius 1 is 0.909 bits per heavy atom. The molecule has 0 aliphatic heterocycles. The highest BCUT2D eigenvalue weighted by Gasteiger charge is 2.28. The van der Waals surface area contributed by atoms with Gasteiger partial charge in [-0.3, -0.25) is 10.8 Å². The van der Waals surface area contributed by atoms with Gasteiger partial charge in [-0.1, -0.05) is 6.07 Å². The van der Waals surface area contributed by atoms with Gasteiger partial charge in [-0.2, -0.15) is 13.8 Å². The van der Waals surface area contributed by atoms with Crippen molar-refractivity contribution in [1.82, 2.24) is 4.98 Å². The van der Waals surface area contributed by atoms with E-state index in [-0.39, 0.29) is 46.8 Å². The van der Waals surface area contributed by atoms with Crippen molar-refractivity contribution in [3.8, 4) is 40.5 Å². The number of nitrogen functional groups attached to an aromatic ring is 1. The zero-order valence-corrected chi connectivity index (χ0v) is 23.7. The number of carbonyl (C=O) groups excluding carboxylic acids is 1. The SMILES string of the molecule is CCOC(=O)c1cc(C)c(Oc2c(F)c(Oc3cccc(NC(=N)N)c3)nc(Oc3cc(C(=N)N)ccc3O)c2F)c(C)c1. The Hall–Kier alpha value is -5.92. The molecule has 228 valence electrons. The number of nitrogens with one attached hydrogen (secondary N) is 3. The van der Waals surface area contributed by atoms with Crippen LogP contribution in [0.15, 0.2) is 54.6 Å². The Kier molecular flexibility index (Phi) is 9.12. The van der Waals surface area contributed by atoms with Crippen LogP contribution in [0.2, 0.25) is 0 Å². The molecule has 4 aromatic rings. The number of nitrogens with zero attached hydrogens (tertiary/aromatic N) is 1. The van der Waals surface area contributed by atoms with Crippen molar-refractivity contribution < 1.29 is 37.6 Å². The van der Waals surface area contributed by atoms with Crippen molar-refractivity contribution in [2.75, 3.05) is 11.9 Å². The van der Waals surface area contributed by atoms with Crippen molar-refractivity contribution in [2.24, 2.45) is 11.5 Å². The maximum absolute atomic E-state index is 15.9. The van der Waals surface area contributed by atoms with Crippen LogP contribution in [0.4, 0.5) is 14.5 Å². The topological polar surface area (TPSA) is 199 Å². The molecule has 14 heteroatoms. The number of pyridine rings is 1. The summed E-state index contributed by atoms with van der Waals surface area (Å²) < 4.78 is 53.8. The van der Waals surface area contributed by atoms with Crippen LogP contribution < -0.4 is 31.0 Å². The highest BCUT2D eigenvalue weighted by molar-refractivity contribution is 5.95. The molecule has 0 unspecified atom stereocenters. The number of carbonyl (C=O) groups is 1. The number of phenolic OH excluding ortho intramolecular Hbond substituents is 1. The van der Waals surface area contributed by atoms with Crippen molar-refractivity contribution in [3.05, 3.63) is 88.5 Å². The van der Waals surface area contributed by atoms with E-state index in [4.69, 9.17) is 41.2 Å². The number of hydrogen-bond acceptors (Lipinski definition) is 9. The van der Waals surface area contributed by atoms with Crippen LogP contribution >= 0.6 is 0 Å². The third-order valence-electron chi connectivity index (χ3n) is 5.96. The molecule has 0 amide bonds. The first kappa shape index (κ1) is 31.0. The van der Waals surface area contributed by atoms with Crippen LogP contribution in [-0.2, 0) is 4.74 Å². The predicted octanol–water partition coefficient (Wildman–Crippen LogP) is 5.83. The van der Waals surface area contributed by atoms with E-state index in [2.05, 4.69) is 10.3 Å². The summed E-state index contributed by atoms with van der Waals surface area (Å²) in [7, 11) is 0. The van der Waals surface area contributed by atoms with Crippen LogP contribution in [0.25, 0.3) is 0 Å². The number of aryl methyl sites for hydroxylation is 2. The summed E-state index contributed by atoms with van der Waals surface area (Å²) in [5, 5.41) is 27.9. The molecule has 44 heavy (non-hydrogen) atoms. The van der Waals surface area contributed by atoms with Crippen molar-refractivity contribution in [2.45, 2.75) is 20.8 Å². The first-order chi connectivity index (χ1) is 20.9. The summed E-state index contributed by atoms with van der Waals surface area (Å²) in [6, 6.07) is 12.5. The van der Waals surface area contributed by atoms with E-state index in [1.165, 1.54) is 48.5 Å². The summed E-state index contributed by atoms with van der Waals surface area (Å²) in [5.74, 6) is -7.31. The van der Waals surface area contributed by atoms with Crippen LogP contribution in [0, 0.1) is 36.3 Å². The Bertz CT molecular complexity index is 1760. The average molecular weight is 607 g/mol. The third-order valence-corrected chi connectivity index (χ3v) is 5.96. The Balaban J connectivity index is 1.83. The van der Waals surface area contributed by atoms with Gasteiger partial charge in [0.15, 0.2) is 17.5 Å². The van der Waals surface area contributed by atoms with Gasteiger partial charge in [0.2, 0.25) is 17.4 Å². The molecule has 3 aromatic carbocycles. The zero-order valence-electron chi connectivity index (χ0n) is 23.7. The molecule has 0 saturated heterocycles. The fraction of sp³-hybridized carbons (Fsp3) is 0.133. The minimum Gasteiger partial charge on any atom is -0.504 e. The fourth-order valence-electron chi connectivity index (χ4n) is 4.02. The number of esters is 1. The van der Waals surface area contributed by atoms with Gasteiger partial charge in [-0.15, -0.1) is 0 Å². The lowest BCUT2D eigenvalue weighted by Gasteiger charge is -2.18. The molecule has 0 aliphatic carbocycles. The molecule has 1 aromatic heterocycles. The maximum Gasteiger partial charge on any atom is 0.338 e. The van der Waals surface area contributed by atoms with Gasteiger partial charge in [-0.25, -0.2) is 4.79 Å². The maximum atomic E-state index is 15.9. The van der Waals surface area contributed by atoms with Gasteiger partial charge in [-0.05, 0) is 74.4 Å². The number of phenols is 1. The molecule has 1 heterocycles. The summed E-state index contributed by atoms with van der Waals surface area (Å²) in [6.07, 6.45) is 0. The van der Waals surface area contributed by atoms with Gasteiger partial charge < -0.3 is 40.8 Å². The number of aromatic nitrogens is 1. The lowest BCUT2D eigenvalue weighted by molar-refractivity contribution is 0.0526. The Morgan fingerprint density at radius 3 is 2.18 bits per heavy atom. The second-order valence-corrected chi connectivity index (χ2v) is 9.31.